The number of fused-ring (bicyclic) bond motifs is 1. The summed E-state index contributed by atoms with van der Waals surface area (Å²) in [5.41, 5.74) is 0.341. The number of hydrogen-bond acceptors (Lipinski definition) is 2. The van der Waals surface area contributed by atoms with Crippen LogP contribution < -0.4 is 0 Å². The molecule has 0 bridgehead atoms. The standard InChI is InChI=1S/C13H8F3N3/c14-13(15,16)9-5-1-3-7-11(9)19-12-8-4-2-6-10(12)17-18-19/h1-8H. The quantitative estimate of drug-likeness (QED) is 0.673. The number of hydrogen-bond donors (Lipinski definition) is 0. The molecular weight excluding hydrogens is 255 g/mol. The Morgan fingerprint density at radius 1 is 0.895 bits per heavy atom. The molecule has 0 spiro atoms. The van der Waals surface area contributed by atoms with Crippen molar-refractivity contribution in [3.63, 3.8) is 0 Å². The number of para-hydroxylation sites is 2. The van der Waals surface area contributed by atoms with Gasteiger partial charge in [-0.1, -0.05) is 29.5 Å². The van der Waals surface area contributed by atoms with E-state index in [-0.39, 0.29) is 5.69 Å². The lowest BCUT2D eigenvalue weighted by atomic mass is 10.1. The highest BCUT2D eigenvalue weighted by Crippen LogP contribution is 2.34. The summed E-state index contributed by atoms with van der Waals surface area (Å²) in [6.45, 7) is 0. The predicted molar refractivity (Wildman–Crippen MR) is 63.9 cm³/mol. The highest BCUT2D eigenvalue weighted by Gasteiger charge is 2.34. The molecule has 1 aromatic heterocycles. The summed E-state index contributed by atoms with van der Waals surface area (Å²) in [5, 5.41) is 7.67. The molecule has 0 N–H and O–H groups in total. The van der Waals surface area contributed by atoms with Crippen LogP contribution in [0, 0.1) is 0 Å². The average Bonchev–Trinajstić information content (AvgIpc) is 2.81. The van der Waals surface area contributed by atoms with Gasteiger partial charge in [0.05, 0.1) is 16.8 Å². The van der Waals surface area contributed by atoms with Gasteiger partial charge in [0.15, 0.2) is 0 Å². The van der Waals surface area contributed by atoms with Gasteiger partial charge in [0, 0.05) is 0 Å². The Kier molecular flexibility index (Phi) is 2.51. The van der Waals surface area contributed by atoms with Crippen molar-refractivity contribution in [3.05, 3.63) is 54.1 Å². The molecule has 0 saturated heterocycles. The van der Waals surface area contributed by atoms with Crippen LogP contribution in [0.2, 0.25) is 0 Å². The van der Waals surface area contributed by atoms with E-state index < -0.39 is 11.7 Å². The second kappa shape index (κ2) is 4.08. The lowest BCUT2D eigenvalue weighted by Crippen LogP contribution is -2.11. The first-order valence-corrected chi connectivity index (χ1v) is 5.54. The maximum Gasteiger partial charge on any atom is 0.418 e. The Hall–Kier alpha value is -2.37. The average molecular weight is 263 g/mol. The van der Waals surface area contributed by atoms with Crippen LogP contribution in [-0.4, -0.2) is 15.0 Å². The lowest BCUT2D eigenvalue weighted by Gasteiger charge is -2.12. The van der Waals surface area contributed by atoms with E-state index >= 15 is 0 Å². The molecule has 2 aromatic carbocycles. The number of nitrogens with zero attached hydrogens (tertiary/aromatic N) is 3. The highest BCUT2D eigenvalue weighted by atomic mass is 19.4. The summed E-state index contributed by atoms with van der Waals surface area (Å²) in [7, 11) is 0. The zero-order valence-corrected chi connectivity index (χ0v) is 9.59. The topological polar surface area (TPSA) is 30.7 Å². The Morgan fingerprint density at radius 2 is 1.58 bits per heavy atom. The van der Waals surface area contributed by atoms with E-state index in [9.17, 15) is 13.2 Å². The lowest BCUT2D eigenvalue weighted by molar-refractivity contribution is -0.137. The Balaban J connectivity index is 2.28. The van der Waals surface area contributed by atoms with E-state index in [0.717, 1.165) is 6.07 Å². The number of rotatable bonds is 1. The van der Waals surface area contributed by atoms with Gasteiger partial charge in [-0.15, -0.1) is 5.10 Å². The minimum Gasteiger partial charge on any atom is -0.212 e. The van der Waals surface area contributed by atoms with Crippen molar-refractivity contribution in [2.24, 2.45) is 0 Å². The summed E-state index contributed by atoms with van der Waals surface area (Å²) >= 11 is 0. The van der Waals surface area contributed by atoms with Crippen molar-refractivity contribution in [1.82, 2.24) is 15.0 Å². The first-order valence-electron chi connectivity index (χ1n) is 5.54. The van der Waals surface area contributed by atoms with Crippen LogP contribution >= 0.6 is 0 Å². The minimum absolute atomic E-state index is 0.0244. The van der Waals surface area contributed by atoms with Crippen molar-refractivity contribution >= 4 is 11.0 Å². The van der Waals surface area contributed by atoms with Gasteiger partial charge in [0.25, 0.3) is 0 Å². The highest BCUT2D eigenvalue weighted by molar-refractivity contribution is 5.76. The third-order valence-corrected chi connectivity index (χ3v) is 2.79. The molecule has 0 aliphatic carbocycles. The molecule has 6 heteroatoms. The van der Waals surface area contributed by atoms with Gasteiger partial charge in [-0.25, -0.2) is 4.68 Å². The van der Waals surface area contributed by atoms with E-state index in [1.54, 1.807) is 30.3 Å². The summed E-state index contributed by atoms with van der Waals surface area (Å²) in [6.07, 6.45) is -4.43. The van der Waals surface area contributed by atoms with E-state index in [0.29, 0.717) is 11.0 Å². The molecule has 0 unspecified atom stereocenters. The molecule has 96 valence electrons. The van der Waals surface area contributed by atoms with E-state index in [1.165, 1.54) is 16.8 Å². The molecule has 0 amide bonds. The number of alkyl halides is 3. The van der Waals surface area contributed by atoms with Crippen LogP contribution in [0.1, 0.15) is 5.56 Å². The van der Waals surface area contributed by atoms with Crippen LogP contribution in [0.5, 0.6) is 0 Å². The van der Waals surface area contributed by atoms with Crippen molar-refractivity contribution in [2.45, 2.75) is 6.18 Å². The summed E-state index contributed by atoms with van der Waals surface area (Å²) in [5.74, 6) is 0. The van der Waals surface area contributed by atoms with Crippen LogP contribution in [0.15, 0.2) is 48.5 Å². The largest absolute Gasteiger partial charge is 0.418 e. The SMILES string of the molecule is FC(F)(F)c1ccccc1-n1nnc2ccccc21. The second-order valence-electron chi connectivity index (χ2n) is 4.00. The van der Waals surface area contributed by atoms with Gasteiger partial charge in [-0.2, -0.15) is 13.2 Å². The Labute approximate surface area is 106 Å². The Bertz CT molecular complexity index is 731. The first-order chi connectivity index (χ1) is 9.07. The fourth-order valence-electron chi connectivity index (χ4n) is 1.94. The predicted octanol–water partition coefficient (Wildman–Crippen LogP) is 3.44. The molecule has 0 aliphatic rings. The van der Waals surface area contributed by atoms with Crippen molar-refractivity contribution in [2.75, 3.05) is 0 Å². The molecule has 0 aliphatic heterocycles. The molecule has 0 radical (unpaired) electrons. The van der Waals surface area contributed by atoms with E-state index in [1.807, 2.05) is 0 Å². The summed E-state index contributed by atoms with van der Waals surface area (Å²) in [4.78, 5) is 0. The fraction of sp³-hybridized carbons (Fsp3) is 0.0769. The van der Waals surface area contributed by atoms with Crippen LogP contribution in [-0.2, 0) is 6.18 Å². The van der Waals surface area contributed by atoms with Crippen molar-refractivity contribution in [3.8, 4) is 5.69 Å². The van der Waals surface area contributed by atoms with Crippen molar-refractivity contribution in [1.29, 1.82) is 0 Å². The third kappa shape index (κ3) is 1.95. The van der Waals surface area contributed by atoms with Gasteiger partial charge < -0.3 is 0 Å². The molecular formula is C13H8F3N3. The zero-order valence-electron chi connectivity index (χ0n) is 9.59. The maximum absolute atomic E-state index is 13.0. The maximum atomic E-state index is 13.0. The molecule has 19 heavy (non-hydrogen) atoms. The first kappa shape index (κ1) is 11.7. The summed E-state index contributed by atoms with van der Waals surface area (Å²) in [6, 6.07) is 12.2. The fourth-order valence-corrected chi connectivity index (χ4v) is 1.94. The molecule has 3 nitrogen and oxygen atoms in total. The van der Waals surface area contributed by atoms with E-state index in [4.69, 9.17) is 0 Å². The molecule has 0 saturated carbocycles. The van der Waals surface area contributed by atoms with Gasteiger partial charge in [-0.05, 0) is 24.3 Å². The smallest absolute Gasteiger partial charge is 0.212 e. The molecule has 1 heterocycles. The normalized spacial score (nSPS) is 11.9. The monoisotopic (exact) mass is 263 g/mol. The van der Waals surface area contributed by atoms with Crippen molar-refractivity contribution < 1.29 is 13.2 Å². The third-order valence-electron chi connectivity index (χ3n) is 2.79. The van der Waals surface area contributed by atoms with Crippen LogP contribution in [0.25, 0.3) is 16.7 Å². The number of halogens is 3. The van der Waals surface area contributed by atoms with Crippen LogP contribution in [0.3, 0.4) is 0 Å². The Morgan fingerprint density at radius 3 is 2.37 bits per heavy atom. The van der Waals surface area contributed by atoms with Gasteiger partial charge >= 0.3 is 6.18 Å². The summed E-state index contributed by atoms with van der Waals surface area (Å²) < 4.78 is 40.1. The van der Waals surface area contributed by atoms with Gasteiger partial charge in [-0.3, -0.25) is 0 Å². The van der Waals surface area contributed by atoms with Gasteiger partial charge in [0.1, 0.15) is 5.52 Å². The molecule has 0 atom stereocenters. The second-order valence-corrected chi connectivity index (χ2v) is 4.00. The number of benzene rings is 2. The van der Waals surface area contributed by atoms with E-state index in [2.05, 4.69) is 10.3 Å². The molecule has 3 rings (SSSR count). The number of aromatic nitrogens is 3. The van der Waals surface area contributed by atoms with Gasteiger partial charge in [0.2, 0.25) is 0 Å². The van der Waals surface area contributed by atoms with Crippen LogP contribution in [0.4, 0.5) is 13.2 Å². The molecule has 3 aromatic rings. The minimum atomic E-state index is -4.43. The zero-order chi connectivity index (χ0) is 13.5. The molecule has 0 fully saturated rings.